The summed E-state index contributed by atoms with van der Waals surface area (Å²) < 4.78 is 0. The van der Waals surface area contributed by atoms with Crippen molar-refractivity contribution in [1.82, 2.24) is 10.2 Å². The van der Waals surface area contributed by atoms with Crippen LogP contribution in [-0.2, 0) is 6.42 Å². The van der Waals surface area contributed by atoms with E-state index in [0.29, 0.717) is 17.8 Å². The fraction of sp³-hybridized carbons (Fsp3) is 0.727. The first-order valence-electron chi connectivity index (χ1n) is 5.42. The summed E-state index contributed by atoms with van der Waals surface area (Å²) in [6.07, 6.45) is 1.11. The smallest absolute Gasteiger partial charge is 0.0685 e. The lowest BCUT2D eigenvalue weighted by Crippen LogP contribution is -2.17. The van der Waals surface area contributed by atoms with E-state index in [-0.39, 0.29) is 0 Å². The fourth-order valence-corrected chi connectivity index (χ4v) is 2.51. The van der Waals surface area contributed by atoms with E-state index in [1.54, 1.807) is 0 Å². The Morgan fingerprint density at radius 2 is 2.29 bits per heavy atom. The first-order valence-corrected chi connectivity index (χ1v) is 5.42. The quantitative estimate of drug-likeness (QED) is 0.752. The molecule has 0 saturated carbocycles. The summed E-state index contributed by atoms with van der Waals surface area (Å²) in [6, 6.07) is 0. The summed E-state index contributed by atoms with van der Waals surface area (Å²) in [6.45, 7) is 7.39. The van der Waals surface area contributed by atoms with Crippen molar-refractivity contribution in [3.8, 4) is 0 Å². The molecule has 14 heavy (non-hydrogen) atoms. The van der Waals surface area contributed by atoms with Gasteiger partial charge in [0.2, 0.25) is 0 Å². The van der Waals surface area contributed by atoms with E-state index in [9.17, 15) is 0 Å². The van der Waals surface area contributed by atoms with Crippen molar-refractivity contribution in [1.29, 1.82) is 0 Å². The van der Waals surface area contributed by atoms with Gasteiger partial charge in [-0.1, -0.05) is 20.8 Å². The summed E-state index contributed by atoms with van der Waals surface area (Å²) in [7, 11) is 0. The van der Waals surface area contributed by atoms with Crippen LogP contribution in [0.3, 0.4) is 0 Å². The summed E-state index contributed by atoms with van der Waals surface area (Å²) >= 11 is 0. The van der Waals surface area contributed by atoms with Crippen molar-refractivity contribution >= 4 is 0 Å². The van der Waals surface area contributed by atoms with Crippen molar-refractivity contribution in [3.05, 3.63) is 17.0 Å². The molecule has 0 saturated heterocycles. The van der Waals surface area contributed by atoms with Crippen LogP contribution in [-0.4, -0.2) is 16.7 Å². The van der Waals surface area contributed by atoms with Crippen molar-refractivity contribution < 1.29 is 0 Å². The first kappa shape index (κ1) is 9.71. The van der Waals surface area contributed by atoms with Crippen LogP contribution in [0.5, 0.6) is 0 Å². The third-order valence-corrected chi connectivity index (χ3v) is 3.30. The molecule has 0 amide bonds. The maximum atomic E-state index is 5.83. The van der Waals surface area contributed by atoms with Gasteiger partial charge in [0.05, 0.1) is 5.69 Å². The van der Waals surface area contributed by atoms with Crippen LogP contribution in [0.4, 0.5) is 0 Å². The van der Waals surface area contributed by atoms with E-state index in [4.69, 9.17) is 5.73 Å². The van der Waals surface area contributed by atoms with Gasteiger partial charge in [-0.05, 0) is 24.8 Å². The van der Waals surface area contributed by atoms with Crippen molar-refractivity contribution in [3.63, 3.8) is 0 Å². The van der Waals surface area contributed by atoms with Crippen molar-refractivity contribution in [2.24, 2.45) is 11.7 Å². The van der Waals surface area contributed by atoms with Crippen LogP contribution in [0.1, 0.15) is 49.6 Å². The third-order valence-electron chi connectivity index (χ3n) is 3.30. The molecule has 3 heteroatoms. The van der Waals surface area contributed by atoms with Gasteiger partial charge < -0.3 is 5.73 Å². The van der Waals surface area contributed by atoms with Gasteiger partial charge in [0.25, 0.3) is 0 Å². The number of aromatic amines is 1. The van der Waals surface area contributed by atoms with Gasteiger partial charge in [-0.15, -0.1) is 0 Å². The molecule has 3 nitrogen and oxygen atoms in total. The SMILES string of the molecule is CC(C)c1n[nH]c2c1C(CN)C(C)C2. The molecule has 1 aliphatic carbocycles. The highest BCUT2D eigenvalue weighted by Gasteiger charge is 2.33. The Balaban J connectivity index is 2.42. The summed E-state index contributed by atoms with van der Waals surface area (Å²) in [5.41, 5.74) is 9.78. The standard InChI is InChI=1S/C11H19N3/c1-6(2)11-10-8(5-12)7(3)4-9(10)13-14-11/h6-8H,4-5,12H2,1-3H3,(H,13,14). The Labute approximate surface area is 85.1 Å². The molecule has 0 aliphatic heterocycles. The van der Waals surface area contributed by atoms with E-state index >= 15 is 0 Å². The molecule has 1 aliphatic rings. The molecule has 1 heterocycles. The molecule has 78 valence electrons. The number of rotatable bonds is 2. The Hall–Kier alpha value is -0.830. The van der Waals surface area contributed by atoms with Crippen LogP contribution in [0.25, 0.3) is 0 Å². The summed E-state index contributed by atoms with van der Waals surface area (Å²) in [4.78, 5) is 0. The zero-order chi connectivity index (χ0) is 10.3. The molecule has 0 aromatic carbocycles. The first-order chi connectivity index (χ1) is 6.65. The average molecular weight is 193 g/mol. The number of fused-ring (bicyclic) bond motifs is 1. The highest BCUT2D eigenvalue weighted by molar-refractivity contribution is 5.36. The lowest BCUT2D eigenvalue weighted by Gasteiger charge is -2.15. The van der Waals surface area contributed by atoms with Gasteiger partial charge >= 0.3 is 0 Å². The van der Waals surface area contributed by atoms with E-state index < -0.39 is 0 Å². The zero-order valence-electron chi connectivity index (χ0n) is 9.17. The van der Waals surface area contributed by atoms with Crippen LogP contribution >= 0.6 is 0 Å². The second-order valence-electron chi connectivity index (χ2n) is 4.68. The second kappa shape index (κ2) is 3.39. The molecule has 0 bridgehead atoms. The topological polar surface area (TPSA) is 54.7 Å². The predicted octanol–water partition coefficient (Wildman–Crippen LogP) is 1.77. The Morgan fingerprint density at radius 1 is 1.57 bits per heavy atom. The molecule has 0 spiro atoms. The van der Waals surface area contributed by atoms with Crippen LogP contribution < -0.4 is 5.73 Å². The van der Waals surface area contributed by atoms with Gasteiger partial charge in [-0.2, -0.15) is 5.10 Å². The van der Waals surface area contributed by atoms with Gasteiger partial charge in [0, 0.05) is 17.2 Å². The summed E-state index contributed by atoms with van der Waals surface area (Å²) in [5.74, 6) is 1.68. The number of nitrogens with zero attached hydrogens (tertiary/aromatic N) is 1. The highest BCUT2D eigenvalue weighted by Crippen LogP contribution is 2.39. The monoisotopic (exact) mass is 193 g/mol. The van der Waals surface area contributed by atoms with Gasteiger partial charge in [-0.3, -0.25) is 5.10 Å². The lowest BCUT2D eigenvalue weighted by atomic mass is 9.91. The maximum Gasteiger partial charge on any atom is 0.0685 e. The van der Waals surface area contributed by atoms with E-state index in [0.717, 1.165) is 13.0 Å². The van der Waals surface area contributed by atoms with E-state index in [1.165, 1.54) is 17.0 Å². The predicted molar refractivity (Wildman–Crippen MR) is 57.3 cm³/mol. The number of aromatic nitrogens is 2. The van der Waals surface area contributed by atoms with E-state index in [2.05, 4.69) is 31.0 Å². The molecule has 0 radical (unpaired) electrons. The van der Waals surface area contributed by atoms with E-state index in [1.807, 2.05) is 0 Å². The molecular weight excluding hydrogens is 174 g/mol. The Kier molecular flexibility index (Phi) is 2.35. The lowest BCUT2D eigenvalue weighted by molar-refractivity contribution is 0.495. The Morgan fingerprint density at radius 3 is 2.86 bits per heavy atom. The molecule has 2 unspecified atom stereocenters. The van der Waals surface area contributed by atoms with Crippen molar-refractivity contribution in [2.45, 2.75) is 39.0 Å². The molecule has 2 rings (SSSR count). The second-order valence-corrected chi connectivity index (χ2v) is 4.68. The zero-order valence-corrected chi connectivity index (χ0v) is 9.17. The van der Waals surface area contributed by atoms with Crippen molar-refractivity contribution in [2.75, 3.05) is 6.54 Å². The summed E-state index contributed by atoms with van der Waals surface area (Å²) in [5, 5.41) is 7.55. The minimum Gasteiger partial charge on any atom is -0.330 e. The van der Waals surface area contributed by atoms with Crippen LogP contribution in [0, 0.1) is 5.92 Å². The maximum absolute atomic E-state index is 5.83. The molecule has 0 fully saturated rings. The van der Waals surface area contributed by atoms with Gasteiger partial charge in [0.1, 0.15) is 0 Å². The largest absolute Gasteiger partial charge is 0.330 e. The molecule has 1 aromatic heterocycles. The molecular formula is C11H19N3. The number of nitrogens with one attached hydrogen (secondary N) is 1. The Bertz CT molecular complexity index is 327. The fourth-order valence-electron chi connectivity index (χ4n) is 2.51. The number of H-pyrrole nitrogens is 1. The average Bonchev–Trinajstić information content (AvgIpc) is 2.61. The van der Waals surface area contributed by atoms with Gasteiger partial charge in [0.15, 0.2) is 0 Å². The molecule has 1 aromatic rings. The third kappa shape index (κ3) is 1.27. The molecule has 2 atom stereocenters. The molecule has 3 N–H and O–H groups in total. The highest BCUT2D eigenvalue weighted by atomic mass is 15.1. The minimum atomic E-state index is 0.495. The number of hydrogen-bond acceptors (Lipinski definition) is 2. The minimum absolute atomic E-state index is 0.495. The number of nitrogens with two attached hydrogens (primary N) is 1. The number of hydrogen-bond donors (Lipinski definition) is 2. The van der Waals surface area contributed by atoms with Crippen LogP contribution in [0.15, 0.2) is 0 Å². The van der Waals surface area contributed by atoms with Crippen LogP contribution in [0.2, 0.25) is 0 Å². The van der Waals surface area contributed by atoms with Gasteiger partial charge in [-0.25, -0.2) is 0 Å². The normalized spacial score (nSPS) is 25.8.